The highest BCUT2D eigenvalue weighted by Gasteiger charge is 2.38. The Hall–Kier alpha value is -2.34. The summed E-state index contributed by atoms with van der Waals surface area (Å²) in [7, 11) is 1.70. The summed E-state index contributed by atoms with van der Waals surface area (Å²) in [5, 5.41) is 0. The van der Waals surface area contributed by atoms with Crippen molar-refractivity contribution in [2.24, 2.45) is 5.73 Å². The second kappa shape index (κ2) is 7.35. The number of primary amides is 1. The monoisotopic (exact) mass is 377 g/mol. The minimum atomic E-state index is -4.46. The molecule has 2 aromatic carbocycles. The summed E-state index contributed by atoms with van der Waals surface area (Å²) in [6, 6.07) is 12.5. The minimum absolute atomic E-state index is 0.233. The van der Waals surface area contributed by atoms with E-state index in [-0.39, 0.29) is 17.6 Å². The Morgan fingerprint density at radius 3 is 2.33 bits per heavy atom. The van der Waals surface area contributed by atoms with Crippen LogP contribution in [0.4, 0.5) is 13.2 Å². The molecule has 0 aromatic heterocycles. The number of rotatable bonds is 6. The average Bonchev–Trinajstić information content (AvgIpc) is 2.59. The van der Waals surface area contributed by atoms with Gasteiger partial charge in [0.25, 0.3) is 0 Å². The van der Waals surface area contributed by atoms with Crippen LogP contribution < -0.4 is 5.73 Å². The number of halogens is 3. The summed E-state index contributed by atoms with van der Waals surface area (Å²) < 4.78 is 44.5. The van der Waals surface area contributed by atoms with Gasteiger partial charge in [-0.15, -0.1) is 0 Å². The van der Waals surface area contributed by atoms with Crippen LogP contribution in [0.1, 0.15) is 47.4 Å². The molecule has 1 unspecified atom stereocenters. The van der Waals surface area contributed by atoms with Crippen LogP contribution in [-0.4, -0.2) is 13.0 Å². The molecule has 0 aliphatic heterocycles. The molecule has 3 rings (SSSR count). The Labute approximate surface area is 156 Å². The molecular formula is C21H22F3NO2. The molecule has 0 spiro atoms. The van der Waals surface area contributed by atoms with E-state index in [4.69, 9.17) is 10.5 Å². The molecule has 3 nitrogen and oxygen atoms in total. The second-order valence-electron chi connectivity index (χ2n) is 7.03. The third kappa shape index (κ3) is 4.00. The van der Waals surface area contributed by atoms with E-state index in [1.807, 2.05) is 24.3 Å². The SMILES string of the molecule is COC1(c2ccc(CC(C(N)=O)c3cccc(C(F)(F)F)c3)cc2)CCC1. The van der Waals surface area contributed by atoms with Crippen LogP contribution in [0.25, 0.3) is 0 Å². The van der Waals surface area contributed by atoms with Crippen LogP contribution in [0.5, 0.6) is 0 Å². The molecule has 6 heteroatoms. The molecule has 144 valence electrons. The molecule has 0 heterocycles. The molecule has 1 atom stereocenters. The zero-order valence-corrected chi connectivity index (χ0v) is 15.1. The molecule has 1 aliphatic carbocycles. The predicted molar refractivity (Wildman–Crippen MR) is 96.1 cm³/mol. The highest BCUT2D eigenvalue weighted by Crippen LogP contribution is 2.44. The van der Waals surface area contributed by atoms with Crippen LogP contribution in [0.15, 0.2) is 48.5 Å². The molecule has 1 fully saturated rings. The Balaban J connectivity index is 1.82. The van der Waals surface area contributed by atoms with Gasteiger partial charge in [0, 0.05) is 7.11 Å². The Morgan fingerprint density at radius 2 is 1.85 bits per heavy atom. The summed E-state index contributed by atoms with van der Waals surface area (Å²) in [6.07, 6.45) is -1.16. The van der Waals surface area contributed by atoms with Crippen LogP contribution in [0, 0.1) is 0 Å². The van der Waals surface area contributed by atoms with E-state index in [1.165, 1.54) is 12.1 Å². The average molecular weight is 377 g/mol. The van der Waals surface area contributed by atoms with Crippen molar-refractivity contribution in [1.82, 2.24) is 0 Å². The van der Waals surface area contributed by atoms with Gasteiger partial charge in [-0.25, -0.2) is 0 Å². The highest BCUT2D eigenvalue weighted by atomic mass is 19.4. The quantitative estimate of drug-likeness (QED) is 0.803. The second-order valence-corrected chi connectivity index (χ2v) is 7.03. The van der Waals surface area contributed by atoms with Crippen molar-refractivity contribution < 1.29 is 22.7 Å². The van der Waals surface area contributed by atoms with Gasteiger partial charge in [0.1, 0.15) is 0 Å². The van der Waals surface area contributed by atoms with Crippen molar-refractivity contribution in [3.63, 3.8) is 0 Å². The van der Waals surface area contributed by atoms with E-state index in [0.29, 0.717) is 0 Å². The van der Waals surface area contributed by atoms with Gasteiger partial charge in [0.2, 0.25) is 5.91 Å². The fraction of sp³-hybridized carbons (Fsp3) is 0.381. The van der Waals surface area contributed by atoms with Gasteiger partial charge >= 0.3 is 6.18 Å². The van der Waals surface area contributed by atoms with Gasteiger partial charge < -0.3 is 10.5 Å². The maximum Gasteiger partial charge on any atom is 0.416 e. The minimum Gasteiger partial charge on any atom is -0.374 e. The third-order valence-electron chi connectivity index (χ3n) is 5.43. The lowest BCUT2D eigenvalue weighted by molar-refractivity contribution is -0.137. The van der Waals surface area contributed by atoms with Crippen LogP contribution in [0.3, 0.4) is 0 Å². The van der Waals surface area contributed by atoms with Crippen molar-refractivity contribution in [3.8, 4) is 0 Å². The Bertz CT molecular complexity index is 805. The van der Waals surface area contributed by atoms with E-state index in [1.54, 1.807) is 7.11 Å². The normalized spacial score (nSPS) is 17.2. The van der Waals surface area contributed by atoms with E-state index < -0.39 is 23.6 Å². The summed E-state index contributed by atoms with van der Waals surface area (Å²) in [4.78, 5) is 11.9. The van der Waals surface area contributed by atoms with Crippen LogP contribution >= 0.6 is 0 Å². The van der Waals surface area contributed by atoms with Gasteiger partial charge in [0.15, 0.2) is 0 Å². The van der Waals surface area contributed by atoms with Crippen molar-refractivity contribution in [2.75, 3.05) is 7.11 Å². The summed E-state index contributed by atoms with van der Waals surface area (Å²) in [6.45, 7) is 0. The number of benzene rings is 2. The van der Waals surface area contributed by atoms with Crippen molar-refractivity contribution in [3.05, 3.63) is 70.8 Å². The molecule has 0 radical (unpaired) electrons. The molecule has 2 N–H and O–H groups in total. The summed E-state index contributed by atoms with van der Waals surface area (Å²) >= 11 is 0. The molecular weight excluding hydrogens is 355 g/mol. The lowest BCUT2D eigenvalue weighted by Gasteiger charge is -2.41. The molecule has 0 saturated heterocycles. The maximum absolute atomic E-state index is 13.0. The van der Waals surface area contributed by atoms with Crippen molar-refractivity contribution in [2.45, 2.75) is 43.4 Å². The molecule has 0 bridgehead atoms. The van der Waals surface area contributed by atoms with E-state index in [9.17, 15) is 18.0 Å². The number of amides is 1. The smallest absolute Gasteiger partial charge is 0.374 e. The summed E-state index contributed by atoms with van der Waals surface area (Å²) in [5.74, 6) is -1.47. The first kappa shape index (κ1) is 19.4. The predicted octanol–water partition coefficient (Wildman–Crippen LogP) is 4.54. The number of nitrogens with two attached hydrogens (primary N) is 1. The fourth-order valence-corrected chi connectivity index (χ4v) is 3.60. The van der Waals surface area contributed by atoms with Gasteiger partial charge in [-0.2, -0.15) is 13.2 Å². The number of methoxy groups -OCH3 is 1. The van der Waals surface area contributed by atoms with Gasteiger partial charge in [-0.3, -0.25) is 4.79 Å². The molecule has 27 heavy (non-hydrogen) atoms. The number of alkyl halides is 3. The zero-order chi connectivity index (χ0) is 19.7. The fourth-order valence-electron chi connectivity index (χ4n) is 3.60. The van der Waals surface area contributed by atoms with Crippen molar-refractivity contribution >= 4 is 5.91 Å². The topological polar surface area (TPSA) is 52.3 Å². The zero-order valence-electron chi connectivity index (χ0n) is 15.1. The van der Waals surface area contributed by atoms with Gasteiger partial charge in [0.05, 0.1) is 17.1 Å². The first-order valence-corrected chi connectivity index (χ1v) is 8.86. The Kier molecular flexibility index (Phi) is 5.29. The third-order valence-corrected chi connectivity index (χ3v) is 5.43. The van der Waals surface area contributed by atoms with Crippen LogP contribution in [0.2, 0.25) is 0 Å². The standard InChI is InChI=1S/C21H22F3NO2/c1-27-20(10-3-11-20)16-8-6-14(7-9-16)12-18(19(25)26)15-4-2-5-17(13-15)21(22,23)24/h2,4-9,13,18H,3,10-12H2,1H3,(H2,25,26). The lowest BCUT2D eigenvalue weighted by atomic mass is 9.74. The maximum atomic E-state index is 13.0. The molecule has 1 aliphatic rings. The number of hydrogen-bond donors (Lipinski definition) is 1. The molecule has 1 amide bonds. The van der Waals surface area contributed by atoms with Gasteiger partial charge in [-0.05, 0) is 48.4 Å². The molecule has 2 aromatic rings. The number of carbonyl (C=O) groups excluding carboxylic acids is 1. The van der Waals surface area contributed by atoms with Crippen LogP contribution in [-0.2, 0) is 27.7 Å². The Morgan fingerprint density at radius 1 is 1.19 bits per heavy atom. The van der Waals surface area contributed by atoms with Crippen molar-refractivity contribution in [1.29, 1.82) is 0 Å². The first-order chi connectivity index (χ1) is 12.7. The number of carbonyl (C=O) groups is 1. The number of hydrogen-bond acceptors (Lipinski definition) is 2. The van der Waals surface area contributed by atoms with E-state index in [2.05, 4.69) is 0 Å². The first-order valence-electron chi connectivity index (χ1n) is 8.86. The summed E-state index contributed by atoms with van der Waals surface area (Å²) in [5.41, 5.74) is 6.66. The lowest BCUT2D eigenvalue weighted by Crippen LogP contribution is -2.36. The van der Waals surface area contributed by atoms with E-state index in [0.717, 1.165) is 42.5 Å². The van der Waals surface area contributed by atoms with E-state index >= 15 is 0 Å². The molecule has 1 saturated carbocycles. The highest BCUT2D eigenvalue weighted by molar-refractivity contribution is 5.82. The van der Waals surface area contributed by atoms with Gasteiger partial charge in [-0.1, -0.05) is 42.5 Å². The largest absolute Gasteiger partial charge is 0.416 e. The number of ether oxygens (including phenoxy) is 1.